The van der Waals surface area contributed by atoms with E-state index >= 15 is 0 Å². The average molecular weight is 245 g/mol. The minimum Gasteiger partial charge on any atom is -0.466 e. The highest BCUT2D eigenvalue weighted by atomic mass is 16.5. The maximum Gasteiger partial charge on any atom is 0.306 e. The monoisotopic (exact) mass is 245 g/mol. The summed E-state index contributed by atoms with van der Waals surface area (Å²) in [7, 11) is 2.03. The maximum absolute atomic E-state index is 11.5. The van der Waals surface area contributed by atoms with Gasteiger partial charge in [0.1, 0.15) is 0 Å². The molecule has 0 N–H and O–H groups in total. The van der Waals surface area contributed by atoms with Crippen LogP contribution in [0.2, 0.25) is 0 Å². The van der Waals surface area contributed by atoms with E-state index in [-0.39, 0.29) is 11.9 Å². The summed E-state index contributed by atoms with van der Waals surface area (Å²) >= 11 is 0. The average Bonchev–Trinajstić information content (AvgIpc) is 2.68. The molecule has 0 spiro atoms. The Labute approximate surface area is 107 Å². The van der Waals surface area contributed by atoms with Gasteiger partial charge in [0.05, 0.1) is 13.0 Å². The summed E-state index contributed by atoms with van der Waals surface area (Å²) in [5, 5.41) is 1.22. The fourth-order valence-electron chi connectivity index (χ4n) is 2.35. The molecule has 96 valence electrons. The highest BCUT2D eigenvalue weighted by Gasteiger charge is 2.16. The van der Waals surface area contributed by atoms with Crippen LogP contribution in [-0.4, -0.2) is 17.1 Å². The molecule has 1 aromatic heterocycles. The standard InChI is InChI=1S/C15H19NO2/c1-4-18-15(17)9-11(2)13-10-16(3)14-8-6-5-7-12(13)14/h5-8,10-11H,4,9H2,1-3H3. The predicted molar refractivity (Wildman–Crippen MR) is 72.6 cm³/mol. The second-order valence-corrected chi connectivity index (χ2v) is 4.62. The van der Waals surface area contributed by atoms with Crippen molar-refractivity contribution in [3.05, 3.63) is 36.0 Å². The number of aryl methyl sites for hydroxylation is 1. The van der Waals surface area contributed by atoms with Crippen molar-refractivity contribution in [3.8, 4) is 0 Å². The van der Waals surface area contributed by atoms with E-state index in [1.165, 1.54) is 16.5 Å². The number of aromatic nitrogens is 1. The van der Waals surface area contributed by atoms with Gasteiger partial charge in [-0.05, 0) is 24.5 Å². The second-order valence-electron chi connectivity index (χ2n) is 4.62. The zero-order valence-corrected chi connectivity index (χ0v) is 11.1. The second kappa shape index (κ2) is 5.25. The number of fused-ring (bicyclic) bond motifs is 1. The van der Waals surface area contributed by atoms with Gasteiger partial charge in [-0.15, -0.1) is 0 Å². The van der Waals surface area contributed by atoms with Crippen molar-refractivity contribution in [1.29, 1.82) is 0 Å². The van der Waals surface area contributed by atoms with Gasteiger partial charge in [0.15, 0.2) is 0 Å². The number of carbonyl (C=O) groups excluding carboxylic acids is 1. The molecule has 0 fully saturated rings. The number of hydrogen-bond donors (Lipinski definition) is 0. The SMILES string of the molecule is CCOC(=O)CC(C)c1cn(C)c2ccccc12. The van der Waals surface area contributed by atoms with E-state index in [9.17, 15) is 4.79 Å². The third-order valence-corrected chi connectivity index (χ3v) is 3.24. The van der Waals surface area contributed by atoms with Crippen LogP contribution in [0, 0.1) is 0 Å². The molecule has 2 aromatic rings. The van der Waals surface area contributed by atoms with Gasteiger partial charge in [0, 0.05) is 24.1 Å². The molecule has 0 aliphatic heterocycles. The molecular weight excluding hydrogens is 226 g/mol. The molecule has 0 aliphatic rings. The lowest BCUT2D eigenvalue weighted by molar-refractivity contribution is -0.143. The van der Waals surface area contributed by atoms with Gasteiger partial charge >= 0.3 is 5.97 Å². The smallest absolute Gasteiger partial charge is 0.306 e. The topological polar surface area (TPSA) is 31.2 Å². The number of esters is 1. The Morgan fingerprint density at radius 3 is 2.83 bits per heavy atom. The summed E-state index contributed by atoms with van der Waals surface area (Å²) in [5.41, 5.74) is 2.41. The maximum atomic E-state index is 11.5. The third kappa shape index (κ3) is 2.40. The van der Waals surface area contributed by atoms with Crippen LogP contribution in [-0.2, 0) is 16.6 Å². The minimum absolute atomic E-state index is 0.127. The zero-order chi connectivity index (χ0) is 13.1. The van der Waals surface area contributed by atoms with Crippen molar-refractivity contribution in [1.82, 2.24) is 4.57 Å². The Morgan fingerprint density at radius 2 is 2.11 bits per heavy atom. The first-order valence-corrected chi connectivity index (χ1v) is 6.33. The molecule has 0 saturated heterocycles. The van der Waals surface area contributed by atoms with Crippen molar-refractivity contribution < 1.29 is 9.53 Å². The Hall–Kier alpha value is -1.77. The molecule has 0 amide bonds. The van der Waals surface area contributed by atoms with E-state index in [1.807, 2.05) is 26.1 Å². The van der Waals surface area contributed by atoms with E-state index in [0.29, 0.717) is 13.0 Å². The molecule has 3 heteroatoms. The number of benzene rings is 1. The number of ether oxygens (including phenoxy) is 1. The van der Waals surface area contributed by atoms with Crippen LogP contribution in [0.15, 0.2) is 30.5 Å². The third-order valence-electron chi connectivity index (χ3n) is 3.24. The number of carbonyl (C=O) groups is 1. The van der Waals surface area contributed by atoms with Gasteiger partial charge in [0.2, 0.25) is 0 Å². The predicted octanol–water partition coefficient (Wildman–Crippen LogP) is 3.24. The van der Waals surface area contributed by atoms with E-state index in [4.69, 9.17) is 4.74 Å². The van der Waals surface area contributed by atoms with Gasteiger partial charge in [-0.2, -0.15) is 0 Å². The van der Waals surface area contributed by atoms with Crippen molar-refractivity contribution >= 4 is 16.9 Å². The normalized spacial score (nSPS) is 12.6. The van der Waals surface area contributed by atoms with Crippen molar-refractivity contribution in [2.75, 3.05) is 6.61 Å². The van der Waals surface area contributed by atoms with Crippen LogP contribution in [0.3, 0.4) is 0 Å². The minimum atomic E-state index is -0.127. The quantitative estimate of drug-likeness (QED) is 0.774. The first-order chi connectivity index (χ1) is 8.63. The van der Waals surface area contributed by atoms with Crippen LogP contribution in [0.25, 0.3) is 10.9 Å². The Bertz CT molecular complexity index is 557. The molecule has 3 nitrogen and oxygen atoms in total. The Balaban J connectivity index is 2.28. The first-order valence-electron chi connectivity index (χ1n) is 6.33. The summed E-state index contributed by atoms with van der Waals surface area (Å²) in [6.45, 7) is 4.35. The molecule has 0 aliphatic carbocycles. The fourth-order valence-corrected chi connectivity index (χ4v) is 2.35. The van der Waals surface area contributed by atoms with E-state index in [2.05, 4.69) is 29.8 Å². The van der Waals surface area contributed by atoms with Crippen molar-refractivity contribution in [2.24, 2.45) is 7.05 Å². The first kappa shape index (κ1) is 12.7. The molecule has 1 heterocycles. The van der Waals surface area contributed by atoms with E-state index in [0.717, 1.165) is 0 Å². The lowest BCUT2D eigenvalue weighted by atomic mass is 9.97. The van der Waals surface area contributed by atoms with Crippen LogP contribution in [0.1, 0.15) is 31.7 Å². The lowest BCUT2D eigenvalue weighted by Gasteiger charge is -2.09. The molecule has 2 rings (SSSR count). The molecular formula is C15H19NO2. The largest absolute Gasteiger partial charge is 0.466 e. The van der Waals surface area contributed by atoms with Crippen LogP contribution < -0.4 is 0 Å². The van der Waals surface area contributed by atoms with Gasteiger partial charge < -0.3 is 9.30 Å². The van der Waals surface area contributed by atoms with Crippen LogP contribution >= 0.6 is 0 Å². The summed E-state index contributed by atoms with van der Waals surface area (Å²) in [6, 6.07) is 8.26. The molecule has 0 radical (unpaired) electrons. The lowest BCUT2D eigenvalue weighted by Crippen LogP contribution is -2.08. The number of nitrogens with zero attached hydrogens (tertiary/aromatic N) is 1. The van der Waals surface area contributed by atoms with Gasteiger partial charge in [-0.1, -0.05) is 25.1 Å². The Kier molecular flexibility index (Phi) is 3.70. The molecule has 0 saturated carbocycles. The van der Waals surface area contributed by atoms with E-state index < -0.39 is 0 Å². The summed E-state index contributed by atoms with van der Waals surface area (Å²) in [6.07, 6.45) is 2.54. The van der Waals surface area contributed by atoms with Crippen LogP contribution in [0.4, 0.5) is 0 Å². The number of para-hydroxylation sites is 1. The molecule has 0 bridgehead atoms. The van der Waals surface area contributed by atoms with Crippen LogP contribution in [0.5, 0.6) is 0 Å². The zero-order valence-electron chi connectivity index (χ0n) is 11.1. The molecule has 1 unspecified atom stereocenters. The highest BCUT2D eigenvalue weighted by molar-refractivity contribution is 5.85. The molecule has 18 heavy (non-hydrogen) atoms. The van der Waals surface area contributed by atoms with E-state index in [1.54, 1.807) is 0 Å². The molecule has 1 aromatic carbocycles. The van der Waals surface area contributed by atoms with Gasteiger partial charge in [-0.25, -0.2) is 0 Å². The highest BCUT2D eigenvalue weighted by Crippen LogP contribution is 2.29. The van der Waals surface area contributed by atoms with Gasteiger partial charge in [0.25, 0.3) is 0 Å². The summed E-state index contributed by atoms with van der Waals surface area (Å²) < 4.78 is 7.11. The van der Waals surface area contributed by atoms with Crippen molar-refractivity contribution in [3.63, 3.8) is 0 Å². The summed E-state index contributed by atoms with van der Waals surface area (Å²) in [5.74, 6) is 0.0492. The van der Waals surface area contributed by atoms with Gasteiger partial charge in [-0.3, -0.25) is 4.79 Å². The summed E-state index contributed by atoms with van der Waals surface area (Å²) in [4.78, 5) is 11.5. The van der Waals surface area contributed by atoms with Crippen molar-refractivity contribution in [2.45, 2.75) is 26.2 Å². The fraction of sp³-hybridized carbons (Fsp3) is 0.400. The Morgan fingerprint density at radius 1 is 1.39 bits per heavy atom. The number of rotatable bonds is 4. The number of hydrogen-bond acceptors (Lipinski definition) is 2. The molecule has 1 atom stereocenters.